The Morgan fingerprint density at radius 3 is 2.45 bits per heavy atom. The van der Waals surface area contributed by atoms with E-state index in [1.807, 2.05) is 54.6 Å². The van der Waals surface area contributed by atoms with Gasteiger partial charge in [-0.15, -0.1) is 0 Å². The number of carbonyl (C=O) groups is 1. The monoisotopic (exact) mass is 264 g/mol. The van der Waals surface area contributed by atoms with Crippen LogP contribution < -0.4 is 5.32 Å². The molecule has 98 valence electrons. The van der Waals surface area contributed by atoms with Crippen molar-refractivity contribution in [2.24, 2.45) is 4.99 Å². The number of rotatable bonds is 2. The Morgan fingerprint density at radius 2 is 1.70 bits per heavy atom. The fraction of sp³-hybridized carbons (Fsp3) is 0. The fourth-order valence-corrected chi connectivity index (χ4v) is 2.03. The number of hydrogen-bond acceptors (Lipinski definition) is 3. The average Bonchev–Trinajstić information content (AvgIpc) is 2.67. The van der Waals surface area contributed by atoms with Gasteiger partial charge in [0.15, 0.2) is 0 Å². The van der Waals surface area contributed by atoms with Gasteiger partial charge in [-0.2, -0.15) is 0 Å². The van der Waals surface area contributed by atoms with Crippen LogP contribution in [0.25, 0.3) is 0 Å². The van der Waals surface area contributed by atoms with Crippen LogP contribution in [0, 0.1) is 0 Å². The summed E-state index contributed by atoms with van der Waals surface area (Å²) in [6, 6.07) is 16.9. The second kappa shape index (κ2) is 5.01. The Bertz CT molecular complexity index is 718. The number of carboxylic acids is 1. The van der Waals surface area contributed by atoms with Crippen LogP contribution in [-0.4, -0.2) is 16.8 Å². The van der Waals surface area contributed by atoms with E-state index in [1.165, 1.54) is 0 Å². The molecule has 0 aliphatic carbocycles. The van der Waals surface area contributed by atoms with Gasteiger partial charge < -0.3 is 10.4 Å². The molecule has 3 rings (SSSR count). The van der Waals surface area contributed by atoms with Gasteiger partial charge in [0.05, 0.1) is 17.1 Å². The van der Waals surface area contributed by atoms with Crippen LogP contribution in [0.15, 0.2) is 71.4 Å². The predicted molar refractivity (Wildman–Crippen MR) is 78.4 cm³/mol. The van der Waals surface area contributed by atoms with Crippen LogP contribution in [0.3, 0.4) is 0 Å². The number of nitrogens with one attached hydrogen (secondary N) is 1. The lowest BCUT2D eigenvalue weighted by Crippen LogP contribution is -2.11. The SMILES string of the molecule is O=C(O)C1=CC(c2ccccc2)=Nc2ccccc2N1. The van der Waals surface area contributed by atoms with Crippen molar-refractivity contribution < 1.29 is 9.90 Å². The first-order valence-corrected chi connectivity index (χ1v) is 6.19. The second-order valence-corrected chi connectivity index (χ2v) is 4.37. The van der Waals surface area contributed by atoms with Crippen molar-refractivity contribution in [1.29, 1.82) is 0 Å². The highest BCUT2D eigenvalue weighted by Gasteiger charge is 2.16. The zero-order chi connectivity index (χ0) is 13.9. The van der Waals surface area contributed by atoms with Crippen LogP contribution in [0.4, 0.5) is 11.4 Å². The van der Waals surface area contributed by atoms with Gasteiger partial charge in [0.2, 0.25) is 0 Å². The molecule has 2 aromatic rings. The molecule has 2 aromatic carbocycles. The van der Waals surface area contributed by atoms with Gasteiger partial charge in [-0.3, -0.25) is 0 Å². The highest BCUT2D eigenvalue weighted by atomic mass is 16.4. The Hall–Kier alpha value is -2.88. The van der Waals surface area contributed by atoms with Crippen molar-refractivity contribution >= 4 is 23.1 Å². The van der Waals surface area contributed by atoms with Crippen molar-refractivity contribution in [3.8, 4) is 0 Å². The summed E-state index contributed by atoms with van der Waals surface area (Å²) < 4.78 is 0. The van der Waals surface area contributed by atoms with Crippen molar-refractivity contribution in [3.63, 3.8) is 0 Å². The molecular weight excluding hydrogens is 252 g/mol. The van der Waals surface area contributed by atoms with Crippen molar-refractivity contribution in [2.75, 3.05) is 5.32 Å². The molecule has 0 fully saturated rings. The summed E-state index contributed by atoms with van der Waals surface area (Å²) in [4.78, 5) is 15.9. The third-order valence-electron chi connectivity index (χ3n) is 3.00. The minimum Gasteiger partial charge on any atom is -0.477 e. The number of aliphatic carboxylic acids is 1. The number of anilines is 1. The topological polar surface area (TPSA) is 61.7 Å². The second-order valence-electron chi connectivity index (χ2n) is 4.37. The Labute approximate surface area is 116 Å². The minimum absolute atomic E-state index is 0.109. The molecule has 1 aliphatic rings. The largest absolute Gasteiger partial charge is 0.477 e. The zero-order valence-corrected chi connectivity index (χ0v) is 10.6. The molecule has 0 bridgehead atoms. The number of para-hydroxylation sites is 2. The first-order chi connectivity index (χ1) is 9.74. The lowest BCUT2D eigenvalue weighted by atomic mass is 10.1. The number of benzene rings is 2. The van der Waals surface area contributed by atoms with E-state index in [0.717, 1.165) is 11.3 Å². The molecule has 0 atom stereocenters. The molecule has 0 saturated heterocycles. The van der Waals surface area contributed by atoms with Gasteiger partial charge >= 0.3 is 5.97 Å². The number of allylic oxidation sites excluding steroid dienone is 1. The highest BCUT2D eigenvalue weighted by molar-refractivity contribution is 6.14. The van der Waals surface area contributed by atoms with E-state index >= 15 is 0 Å². The molecule has 20 heavy (non-hydrogen) atoms. The molecule has 4 heteroatoms. The van der Waals surface area contributed by atoms with Gasteiger partial charge in [-0.05, 0) is 18.2 Å². The summed E-state index contributed by atoms with van der Waals surface area (Å²) in [6.07, 6.45) is 1.55. The molecule has 4 nitrogen and oxygen atoms in total. The molecule has 1 aliphatic heterocycles. The number of hydrogen-bond donors (Lipinski definition) is 2. The Balaban J connectivity index is 2.17. The predicted octanol–water partition coefficient (Wildman–Crippen LogP) is 3.20. The summed E-state index contributed by atoms with van der Waals surface area (Å²) in [6.45, 7) is 0. The number of nitrogens with zero attached hydrogens (tertiary/aromatic N) is 1. The Kier molecular flexibility index (Phi) is 3.05. The van der Waals surface area contributed by atoms with E-state index in [-0.39, 0.29) is 5.70 Å². The summed E-state index contributed by atoms with van der Waals surface area (Å²) in [5, 5.41) is 12.2. The normalized spacial score (nSPS) is 13.4. The summed E-state index contributed by atoms with van der Waals surface area (Å²) >= 11 is 0. The van der Waals surface area contributed by atoms with Gasteiger partial charge in [0, 0.05) is 5.56 Å². The van der Waals surface area contributed by atoms with Crippen LogP contribution >= 0.6 is 0 Å². The highest BCUT2D eigenvalue weighted by Crippen LogP contribution is 2.29. The van der Waals surface area contributed by atoms with Gasteiger partial charge in [0.25, 0.3) is 0 Å². The molecule has 0 radical (unpaired) electrons. The molecule has 0 saturated carbocycles. The van der Waals surface area contributed by atoms with E-state index in [0.29, 0.717) is 11.4 Å². The van der Waals surface area contributed by atoms with Gasteiger partial charge in [0.1, 0.15) is 5.70 Å². The maximum atomic E-state index is 11.3. The van der Waals surface area contributed by atoms with E-state index in [2.05, 4.69) is 10.3 Å². The lowest BCUT2D eigenvalue weighted by Gasteiger charge is -2.06. The zero-order valence-electron chi connectivity index (χ0n) is 10.6. The molecule has 2 N–H and O–H groups in total. The molecule has 0 amide bonds. The van der Waals surface area contributed by atoms with Gasteiger partial charge in [-0.1, -0.05) is 42.5 Å². The molecular formula is C16H12N2O2. The summed E-state index contributed by atoms with van der Waals surface area (Å²) in [5.74, 6) is -1.01. The van der Waals surface area contributed by atoms with E-state index in [9.17, 15) is 9.90 Å². The van der Waals surface area contributed by atoms with Crippen molar-refractivity contribution in [2.45, 2.75) is 0 Å². The van der Waals surface area contributed by atoms with Crippen LogP contribution in [0.2, 0.25) is 0 Å². The number of carboxylic acid groups (broad SMARTS) is 1. The van der Waals surface area contributed by atoms with Crippen molar-refractivity contribution in [3.05, 3.63) is 71.9 Å². The van der Waals surface area contributed by atoms with Crippen molar-refractivity contribution in [1.82, 2.24) is 0 Å². The first kappa shape index (κ1) is 12.2. The number of fused-ring (bicyclic) bond motifs is 1. The average molecular weight is 264 g/mol. The quantitative estimate of drug-likeness (QED) is 0.875. The Morgan fingerprint density at radius 1 is 1.00 bits per heavy atom. The first-order valence-electron chi connectivity index (χ1n) is 6.19. The summed E-state index contributed by atoms with van der Waals surface area (Å²) in [7, 11) is 0. The van der Waals surface area contributed by atoms with Crippen LogP contribution in [0.1, 0.15) is 5.56 Å². The van der Waals surface area contributed by atoms with E-state index in [4.69, 9.17) is 0 Å². The third kappa shape index (κ3) is 2.31. The minimum atomic E-state index is -1.01. The molecule has 0 spiro atoms. The summed E-state index contributed by atoms with van der Waals surface area (Å²) in [5.41, 5.74) is 3.02. The molecule has 0 aromatic heterocycles. The van der Waals surface area contributed by atoms with E-state index < -0.39 is 5.97 Å². The lowest BCUT2D eigenvalue weighted by molar-refractivity contribution is -0.132. The standard InChI is InChI=1S/C16H12N2O2/c19-16(20)15-10-14(11-6-2-1-3-7-11)17-12-8-4-5-9-13(12)18-15/h1-10,18H,(H,19,20). The molecule has 0 unspecified atom stereocenters. The smallest absolute Gasteiger partial charge is 0.352 e. The molecule has 1 heterocycles. The maximum Gasteiger partial charge on any atom is 0.352 e. The van der Waals surface area contributed by atoms with Gasteiger partial charge in [-0.25, -0.2) is 9.79 Å². The van der Waals surface area contributed by atoms with E-state index in [1.54, 1.807) is 6.08 Å². The van der Waals surface area contributed by atoms with Crippen LogP contribution in [-0.2, 0) is 4.79 Å². The number of aliphatic imine (C=N–C) groups is 1. The maximum absolute atomic E-state index is 11.3. The third-order valence-corrected chi connectivity index (χ3v) is 3.00. The fourth-order valence-electron chi connectivity index (χ4n) is 2.03. The van der Waals surface area contributed by atoms with Crippen LogP contribution in [0.5, 0.6) is 0 Å².